The lowest BCUT2D eigenvalue weighted by molar-refractivity contribution is 0.497. The summed E-state index contributed by atoms with van der Waals surface area (Å²) in [5.41, 5.74) is 9.29. The van der Waals surface area contributed by atoms with Crippen LogP contribution in [0.4, 0.5) is 5.69 Å². The molecule has 3 nitrogen and oxygen atoms in total. The third-order valence-corrected chi connectivity index (χ3v) is 3.14. The van der Waals surface area contributed by atoms with E-state index in [9.17, 15) is 0 Å². The second-order valence-electron chi connectivity index (χ2n) is 4.49. The first kappa shape index (κ1) is 11.0. The summed E-state index contributed by atoms with van der Waals surface area (Å²) < 4.78 is 0. The van der Waals surface area contributed by atoms with Crippen molar-refractivity contribution < 1.29 is 0 Å². The molecule has 16 heavy (non-hydrogen) atoms. The number of nitriles is 1. The van der Waals surface area contributed by atoms with Gasteiger partial charge in [0.2, 0.25) is 0 Å². The minimum atomic E-state index is 0.0674. The second-order valence-corrected chi connectivity index (χ2v) is 4.49. The second kappa shape index (κ2) is 4.54. The van der Waals surface area contributed by atoms with Crippen LogP contribution in [0.1, 0.15) is 30.5 Å². The van der Waals surface area contributed by atoms with Crippen molar-refractivity contribution in [1.82, 2.24) is 5.32 Å². The van der Waals surface area contributed by atoms with Crippen molar-refractivity contribution in [3.05, 3.63) is 29.3 Å². The molecule has 1 aliphatic carbocycles. The molecule has 0 aromatic heterocycles. The average Bonchev–Trinajstić information content (AvgIpc) is 2.68. The van der Waals surface area contributed by atoms with Gasteiger partial charge in [-0.3, -0.25) is 0 Å². The maximum atomic E-state index is 8.73. The van der Waals surface area contributed by atoms with Crippen LogP contribution in [0.15, 0.2) is 18.2 Å². The van der Waals surface area contributed by atoms with Crippen LogP contribution in [0.2, 0.25) is 0 Å². The van der Waals surface area contributed by atoms with Crippen molar-refractivity contribution >= 4 is 5.69 Å². The van der Waals surface area contributed by atoms with Crippen LogP contribution in [0.25, 0.3) is 0 Å². The van der Waals surface area contributed by atoms with E-state index >= 15 is 0 Å². The summed E-state index contributed by atoms with van der Waals surface area (Å²) in [6.07, 6.45) is 2.19. The summed E-state index contributed by atoms with van der Waals surface area (Å²) >= 11 is 0. The molecule has 1 aromatic carbocycles. The van der Waals surface area contributed by atoms with E-state index in [1.165, 1.54) is 11.1 Å². The Balaban J connectivity index is 2.04. The standard InChI is InChI=1S/C13H17N3/c1-9(7-14)8-16-13-5-2-10-6-11(15)3-4-12(10)13/h3-4,6,9,13,16H,2,5,8,15H2,1H3. The van der Waals surface area contributed by atoms with Crippen molar-refractivity contribution in [2.75, 3.05) is 12.3 Å². The molecule has 3 N–H and O–H groups in total. The molecule has 0 heterocycles. The van der Waals surface area contributed by atoms with Crippen molar-refractivity contribution in [3.8, 4) is 6.07 Å². The molecule has 0 bridgehead atoms. The molecule has 0 aliphatic heterocycles. The molecular weight excluding hydrogens is 198 g/mol. The molecule has 1 aliphatic rings. The first-order valence-corrected chi connectivity index (χ1v) is 5.72. The summed E-state index contributed by atoms with van der Waals surface area (Å²) in [5.74, 6) is 0.0674. The Hall–Kier alpha value is -1.53. The van der Waals surface area contributed by atoms with Gasteiger partial charge in [-0.1, -0.05) is 6.07 Å². The van der Waals surface area contributed by atoms with Crippen LogP contribution in [0.3, 0.4) is 0 Å². The molecule has 0 saturated carbocycles. The van der Waals surface area contributed by atoms with E-state index in [0.717, 1.165) is 25.1 Å². The zero-order chi connectivity index (χ0) is 11.5. The highest BCUT2D eigenvalue weighted by atomic mass is 14.9. The first-order valence-electron chi connectivity index (χ1n) is 5.72. The Labute approximate surface area is 96.3 Å². The molecule has 0 saturated heterocycles. The molecule has 0 amide bonds. The van der Waals surface area contributed by atoms with Gasteiger partial charge < -0.3 is 11.1 Å². The number of nitrogens with two attached hydrogens (primary N) is 1. The lowest BCUT2D eigenvalue weighted by Gasteiger charge is -2.14. The smallest absolute Gasteiger partial charge is 0.0666 e. The van der Waals surface area contributed by atoms with Gasteiger partial charge in [0, 0.05) is 18.3 Å². The van der Waals surface area contributed by atoms with Gasteiger partial charge in [0.05, 0.1) is 12.0 Å². The highest BCUT2D eigenvalue weighted by Gasteiger charge is 2.22. The Morgan fingerprint density at radius 3 is 3.19 bits per heavy atom. The number of anilines is 1. The van der Waals surface area contributed by atoms with E-state index in [0.29, 0.717) is 6.04 Å². The van der Waals surface area contributed by atoms with Gasteiger partial charge in [-0.2, -0.15) is 5.26 Å². The van der Waals surface area contributed by atoms with Gasteiger partial charge in [-0.15, -0.1) is 0 Å². The Morgan fingerprint density at radius 2 is 2.44 bits per heavy atom. The van der Waals surface area contributed by atoms with E-state index in [4.69, 9.17) is 11.0 Å². The van der Waals surface area contributed by atoms with E-state index in [1.807, 2.05) is 13.0 Å². The van der Waals surface area contributed by atoms with Crippen LogP contribution >= 0.6 is 0 Å². The number of rotatable bonds is 3. The van der Waals surface area contributed by atoms with E-state index < -0.39 is 0 Å². The highest BCUT2D eigenvalue weighted by Crippen LogP contribution is 2.32. The topological polar surface area (TPSA) is 61.8 Å². The molecule has 84 valence electrons. The highest BCUT2D eigenvalue weighted by molar-refractivity contribution is 5.47. The van der Waals surface area contributed by atoms with Crippen molar-refractivity contribution in [3.63, 3.8) is 0 Å². The van der Waals surface area contributed by atoms with Crippen LogP contribution in [-0.2, 0) is 6.42 Å². The lowest BCUT2D eigenvalue weighted by Crippen LogP contribution is -2.24. The maximum Gasteiger partial charge on any atom is 0.0666 e. The van der Waals surface area contributed by atoms with E-state index in [-0.39, 0.29) is 5.92 Å². The SMILES string of the molecule is CC(C#N)CNC1CCc2cc(N)ccc21. The lowest BCUT2D eigenvalue weighted by atomic mass is 10.1. The number of benzene rings is 1. The molecule has 2 unspecified atom stereocenters. The summed E-state index contributed by atoms with van der Waals surface area (Å²) in [7, 11) is 0. The minimum Gasteiger partial charge on any atom is -0.399 e. The molecule has 1 aromatic rings. The zero-order valence-corrected chi connectivity index (χ0v) is 9.53. The van der Waals surface area contributed by atoms with Crippen molar-refractivity contribution in [2.45, 2.75) is 25.8 Å². The number of nitrogens with one attached hydrogen (secondary N) is 1. The Kier molecular flexibility index (Phi) is 3.12. The maximum absolute atomic E-state index is 8.73. The van der Waals surface area contributed by atoms with Gasteiger partial charge in [0.1, 0.15) is 0 Å². The first-order chi connectivity index (χ1) is 7.70. The number of hydrogen-bond acceptors (Lipinski definition) is 3. The predicted molar refractivity (Wildman–Crippen MR) is 64.7 cm³/mol. The number of fused-ring (bicyclic) bond motifs is 1. The molecule has 2 atom stereocenters. The summed E-state index contributed by atoms with van der Waals surface area (Å²) in [6.45, 7) is 2.69. The zero-order valence-electron chi connectivity index (χ0n) is 9.53. The average molecular weight is 215 g/mol. The molecule has 0 fully saturated rings. The summed E-state index contributed by atoms with van der Waals surface area (Å²) in [6, 6.07) is 8.75. The molecule has 0 spiro atoms. The fourth-order valence-corrected chi connectivity index (χ4v) is 2.21. The van der Waals surface area contributed by atoms with Gasteiger partial charge in [-0.05, 0) is 43.0 Å². The fourth-order valence-electron chi connectivity index (χ4n) is 2.21. The monoisotopic (exact) mass is 215 g/mol. The summed E-state index contributed by atoms with van der Waals surface area (Å²) in [4.78, 5) is 0. The van der Waals surface area contributed by atoms with Gasteiger partial charge in [-0.25, -0.2) is 0 Å². The van der Waals surface area contributed by atoms with E-state index in [2.05, 4.69) is 23.5 Å². The van der Waals surface area contributed by atoms with Crippen molar-refractivity contribution in [1.29, 1.82) is 5.26 Å². The van der Waals surface area contributed by atoms with E-state index in [1.54, 1.807) is 0 Å². The summed E-state index contributed by atoms with van der Waals surface area (Å²) in [5, 5.41) is 12.2. The fraction of sp³-hybridized carbons (Fsp3) is 0.462. The minimum absolute atomic E-state index is 0.0674. The quantitative estimate of drug-likeness (QED) is 0.758. The molecular formula is C13H17N3. The van der Waals surface area contributed by atoms with Crippen LogP contribution < -0.4 is 11.1 Å². The largest absolute Gasteiger partial charge is 0.399 e. The third kappa shape index (κ3) is 2.17. The van der Waals surface area contributed by atoms with Crippen LogP contribution in [0.5, 0.6) is 0 Å². The van der Waals surface area contributed by atoms with Gasteiger partial charge in [0.25, 0.3) is 0 Å². The molecule has 2 rings (SSSR count). The number of nitrogens with zero attached hydrogens (tertiary/aromatic N) is 1. The third-order valence-electron chi connectivity index (χ3n) is 3.14. The van der Waals surface area contributed by atoms with Crippen LogP contribution in [0, 0.1) is 17.2 Å². The molecule has 3 heteroatoms. The molecule has 0 radical (unpaired) electrons. The normalized spacial score (nSPS) is 20.1. The predicted octanol–water partition coefficient (Wildman–Crippen LogP) is 2.01. The number of nitrogen functional groups attached to an aromatic ring is 1. The number of aryl methyl sites for hydroxylation is 1. The number of hydrogen-bond donors (Lipinski definition) is 2. The van der Waals surface area contributed by atoms with Crippen LogP contribution in [-0.4, -0.2) is 6.54 Å². The van der Waals surface area contributed by atoms with Gasteiger partial charge in [0.15, 0.2) is 0 Å². The van der Waals surface area contributed by atoms with Gasteiger partial charge >= 0.3 is 0 Å². The Bertz CT molecular complexity index is 420. The van der Waals surface area contributed by atoms with Crippen molar-refractivity contribution in [2.24, 2.45) is 5.92 Å². The Morgan fingerprint density at radius 1 is 1.62 bits per heavy atom.